The van der Waals surface area contributed by atoms with E-state index in [9.17, 15) is 19.5 Å². The van der Waals surface area contributed by atoms with Gasteiger partial charge in [0.05, 0.1) is 0 Å². The fourth-order valence-electron chi connectivity index (χ4n) is 4.38. The highest BCUT2D eigenvalue weighted by Gasteiger charge is 2.54. The average Bonchev–Trinajstić information content (AvgIpc) is 3.41. The van der Waals surface area contributed by atoms with Crippen molar-refractivity contribution < 1.29 is 28.9 Å². The van der Waals surface area contributed by atoms with Crippen molar-refractivity contribution in [3.63, 3.8) is 0 Å². The van der Waals surface area contributed by atoms with Crippen LogP contribution in [0.5, 0.6) is 0 Å². The molecule has 0 spiro atoms. The van der Waals surface area contributed by atoms with Gasteiger partial charge >= 0.3 is 5.97 Å². The van der Waals surface area contributed by atoms with Crippen molar-refractivity contribution in [1.82, 2.24) is 15.2 Å². The molecule has 1 aliphatic carbocycles. The summed E-state index contributed by atoms with van der Waals surface area (Å²) in [7, 11) is 0. The van der Waals surface area contributed by atoms with Crippen molar-refractivity contribution >= 4 is 41.1 Å². The van der Waals surface area contributed by atoms with Crippen LogP contribution in [-0.2, 0) is 25.8 Å². The smallest absolute Gasteiger partial charge is 0.352 e. The Hall–Kier alpha value is -4.19. The second kappa shape index (κ2) is 10.4. The van der Waals surface area contributed by atoms with E-state index >= 15 is 0 Å². The Kier molecular flexibility index (Phi) is 6.91. The van der Waals surface area contributed by atoms with E-state index in [0.717, 1.165) is 12.8 Å². The second-order valence-corrected chi connectivity index (χ2v) is 9.81. The van der Waals surface area contributed by atoms with Crippen LogP contribution in [0.1, 0.15) is 18.5 Å². The molecule has 1 saturated heterocycles. The number of oxime groups is 1. The molecule has 11 nitrogen and oxygen atoms in total. The highest BCUT2D eigenvalue weighted by atomic mass is 32.2. The molecular formula is C25H25N6O5S+. The first-order valence-corrected chi connectivity index (χ1v) is 12.8. The Morgan fingerprint density at radius 3 is 2.78 bits per heavy atom. The van der Waals surface area contributed by atoms with Gasteiger partial charge in [-0.25, -0.2) is 14.3 Å². The van der Waals surface area contributed by atoms with Crippen LogP contribution >= 0.6 is 11.8 Å². The molecular weight excluding hydrogens is 496 g/mol. The standard InChI is InChI=1S/C25H24N6O5S/c26-18-10-6-9-17(27-18)19(29-36-16-7-2-3-8-16)22(32)28-20-23(33)31-21(25(34)35)15(14-37-24(20)31)13-30-11-4-1-5-12-30/h1-2,4-7,9-12,16,20,24H,3,8,13-14H2,(H3-,26,27,28,32,34,35)/p+1/t16?,20?,24-/m1/s1. The van der Waals surface area contributed by atoms with Crippen LogP contribution in [-0.4, -0.2) is 61.8 Å². The van der Waals surface area contributed by atoms with E-state index in [1.807, 2.05) is 47.3 Å². The number of carbonyl (C=O) groups is 3. The third-order valence-corrected chi connectivity index (χ3v) is 7.50. The maximum atomic E-state index is 13.3. The van der Waals surface area contributed by atoms with E-state index in [2.05, 4.69) is 15.5 Å². The molecule has 3 atom stereocenters. The molecule has 2 aromatic heterocycles. The van der Waals surface area contributed by atoms with Crippen molar-refractivity contribution in [1.29, 1.82) is 0 Å². The largest absolute Gasteiger partial charge is 0.477 e. The van der Waals surface area contributed by atoms with Crippen molar-refractivity contribution in [2.24, 2.45) is 5.16 Å². The molecule has 12 heteroatoms. The molecule has 2 aromatic rings. The third kappa shape index (κ3) is 5.05. The summed E-state index contributed by atoms with van der Waals surface area (Å²) in [5.41, 5.74) is 6.46. The minimum Gasteiger partial charge on any atom is -0.477 e. The lowest BCUT2D eigenvalue weighted by Gasteiger charge is -2.49. The minimum absolute atomic E-state index is 0.0432. The zero-order chi connectivity index (χ0) is 25.9. The summed E-state index contributed by atoms with van der Waals surface area (Å²) in [6.45, 7) is 0.341. The lowest BCUT2D eigenvalue weighted by Crippen LogP contribution is -2.71. The Morgan fingerprint density at radius 2 is 2.08 bits per heavy atom. The van der Waals surface area contributed by atoms with Gasteiger partial charge in [0.1, 0.15) is 34.7 Å². The van der Waals surface area contributed by atoms with Crippen LogP contribution < -0.4 is 15.6 Å². The van der Waals surface area contributed by atoms with Crippen LogP contribution in [0, 0.1) is 0 Å². The molecule has 190 valence electrons. The second-order valence-electron chi connectivity index (χ2n) is 8.70. The number of rotatable bonds is 8. The van der Waals surface area contributed by atoms with Gasteiger partial charge in [0.15, 0.2) is 24.7 Å². The molecule has 4 heterocycles. The van der Waals surface area contributed by atoms with Gasteiger partial charge in [0.25, 0.3) is 11.8 Å². The Labute approximate surface area is 216 Å². The lowest BCUT2D eigenvalue weighted by atomic mass is 10.0. The Morgan fingerprint density at radius 1 is 1.27 bits per heavy atom. The summed E-state index contributed by atoms with van der Waals surface area (Å²) in [5, 5.41) is 16.1. The fraction of sp³-hybridized carbons (Fsp3) is 0.280. The van der Waals surface area contributed by atoms with Crippen LogP contribution in [0.2, 0.25) is 0 Å². The number of carboxylic acids is 1. The molecule has 0 bridgehead atoms. The fourth-order valence-corrected chi connectivity index (χ4v) is 5.71. The first-order valence-electron chi connectivity index (χ1n) is 11.7. The van der Waals surface area contributed by atoms with Gasteiger partial charge in [-0.2, -0.15) is 0 Å². The number of aromatic nitrogens is 2. The van der Waals surface area contributed by atoms with E-state index < -0.39 is 29.2 Å². The number of aliphatic carboxylic acids is 1. The van der Waals surface area contributed by atoms with Crippen molar-refractivity contribution in [3.05, 3.63) is 77.9 Å². The molecule has 4 N–H and O–H groups in total. The number of pyridine rings is 2. The third-order valence-electron chi connectivity index (χ3n) is 6.16. The lowest BCUT2D eigenvalue weighted by molar-refractivity contribution is -0.689. The number of amides is 2. The van der Waals surface area contributed by atoms with E-state index in [1.54, 1.807) is 18.2 Å². The molecule has 0 aromatic carbocycles. The van der Waals surface area contributed by atoms with E-state index in [4.69, 9.17) is 10.6 Å². The molecule has 2 amide bonds. The van der Waals surface area contributed by atoms with Crippen LogP contribution in [0.4, 0.5) is 5.82 Å². The number of anilines is 1. The van der Waals surface area contributed by atoms with Crippen LogP contribution in [0.15, 0.2) is 77.4 Å². The quantitative estimate of drug-likeness (QED) is 0.152. The zero-order valence-corrected chi connectivity index (χ0v) is 20.5. The van der Waals surface area contributed by atoms with Crippen molar-refractivity contribution in [2.45, 2.75) is 36.9 Å². The van der Waals surface area contributed by atoms with Gasteiger partial charge in [-0.15, -0.1) is 11.8 Å². The molecule has 2 unspecified atom stereocenters. The Bertz CT molecular complexity index is 1330. The van der Waals surface area contributed by atoms with Gasteiger partial charge in [-0.1, -0.05) is 23.4 Å². The monoisotopic (exact) mass is 521 g/mol. The predicted molar refractivity (Wildman–Crippen MR) is 135 cm³/mol. The molecule has 0 saturated carbocycles. The van der Waals surface area contributed by atoms with Crippen LogP contribution in [0.3, 0.4) is 0 Å². The van der Waals surface area contributed by atoms with E-state index in [-0.39, 0.29) is 29.0 Å². The summed E-state index contributed by atoms with van der Waals surface area (Å²) in [5.74, 6) is -1.74. The highest BCUT2D eigenvalue weighted by molar-refractivity contribution is 8.00. The van der Waals surface area contributed by atoms with Crippen LogP contribution in [0.25, 0.3) is 0 Å². The Balaban J connectivity index is 1.35. The number of β-lactam (4-membered cyclic amide) rings is 1. The molecule has 5 rings (SSSR count). The number of thioether (sulfide) groups is 1. The maximum absolute atomic E-state index is 13.3. The van der Waals surface area contributed by atoms with Gasteiger partial charge in [0, 0.05) is 23.5 Å². The number of nitrogen functional groups attached to an aromatic ring is 1. The number of nitrogens with two attached hydrogens (primary N) is 1. The molecule has 0 radical (unpaired) electrons. The molecule has 3 aliphatic rings. The van der Waals surface area contributed by atoms with E-state index in [1.165, 1.54) is 16.7 Å². The van der Waals surface area contributed by atoms with Crippen molar-refractivity contribution in [2.75, 3.05) is 11.5 Å². The number of carbonyl (C=O) groups excluding carboxylic acids is 2. The highest BCUT2D eigenvalue weighted by Crippen LogP contribution is 2.40. The number of allylic oxidation sites excluding steroid dienone is 1. The first-order chi connectivity index (χ1) is 17.9. The molecule has 1 fully saturated rings. The van der Waals surface area contributed by atoms with Gasteiger partial charge < -0.3 is 21.0 Å². The minimum atomic E-state index is -1.18. The molecule has 37 heavy (non-hydrogen) atoms. The number of hydrogen-bond acceptors (Lipinski definition) is 8. The van der Waals surface area contributed by atoms with Gasteiger partial charge in [0.2, 0.25) is 0 Å². The summed E-state index contributed by atoms with van der Waals surface area (Å²) < 4.78 is 1.85. The summed E-state index contributed by atoms with van der Waals surface area (Å²) in [6, 6.07) is 9.44. The normalized spacial score (nSPS) is 22.9. The number of fused-ring (bicyclic) bond motifs is 1. The molecule has 2 aliphatic heterocycles. The first kappa shape index (κ1) is 24.5. The summed E-state index contributed by atoms with van der Waals surface area (Å²) in [4.78, 5) is 49.5. The summed E-state index contributed by atoms with van der Waals surface area (Å²) in [6.07, 6.45) is 8.83. The number of hydrogen-bond donors (Lipinski definition) is 3. The van der Waals surface area contributed by atoms with Gasteiger partial charge in [-0.3, -0.25) is 14.5 Å². The topological polar surface area (TPSA) is 151 Å². The summed E-state index contributed by atoms with van der Waals surface area (Å²) >= 11 is 1.40. The number of nitrogens with one attached hydrogen (secondary N) is 1. The maximum Gasteiger partial charge on any atom is 0.352 e. The number of carboxylic acid groups (broad SMARTS) is 1. The van der Waals surface area contributed by atoms with Gasteiger partial charge in [-0.05, 0) is 31.1 Å². The average molecular weight is 522 g/mol. The predicted octanol–water partition coefficient (Wildman–Crippen LogP) is 0.829. The SMILES string of the molecule is Nc1cccc(C(=NOC2C=CCC2)C(=O)NC2C(=O)N3C(C(=O)O)=C(C[n+]4ccccc4)CS[C@H]23)n1. The van der Waals surface area contributed by atoms with Crippen molar-refractivity contribution in [3.8, 4) is 0 Å². The number of nitrogens with zero attached hydrogens (tertiary/aromatic N) is 4. The van der Waals surface area contributed by atoms with E-state index in [0.29, 0.717) is 17.9 Å². The zero-order valence-electron chi connectivity index (χ0n) is 19.7.